The summed E-state index contributed by atoms with van der Waals surface area (Å²) in [4.78, 5) is 28.2. The summed E-state index contributed by atoms with van der Waals surface area (Å²) < 4.78 is 15.8. The Labute approximate surface area is 229 Å². The van der Waals surface area contributed by atoms with E-state index >= 15 is 4.39 Å². The highest BCUT2D eigenvalue weighted by Crippen LogP contribution is 2.62. The van der Waals surface area contributed by atoms with Crippen molar-refractivity contribution in [2.75, 3.05) is 10.6 Å². The first-order chi connectivity index (χ1) is 18.3. The van der Waals surface area contributed by atoms with Gasteiger partial charge in [0.15, 0.2) is 0 Å². The molecule has 3 aromatic carbocycles. The van der Waals surface area contributed by atoms with Crippen molar-refractivity contribution >= 4 is 46.4 Å². The van der Waals surface area contributed by atoms with E-state index in [4.69, 9.17) is 23.2 Å². The maximum Gasteiger partial charge on any atom is 0.242 e. The summed E-state index contributed by atoms with van der Waals surface area (Å²) >= 11 is 12.6. The van der Waals surface area contributed by atoms with E-state index in [1.54, 1.807) is 36.4 Å². The molecular weight excluding hydrogens is 528 g/mol. The average molecular weight is 554 g/mol. The molecule has 2 fully saturated rings. The number of benzene rings is 3. The third kappa shape index (κ3) is 3.63. The van der Waals surface area contributed by atoms with Crippen LogP contribution in [0, 0.1) is 5.82 Å². The molecule has 1 saturated carbocycles. The van der Waals surface area contributed by atoms with Crippen LogP contribution in [0.4, 0.5) is 15.8 Å². The zero-order valence-electron chi connectivity index (χ0n) is 20.4. The minimum atomic E-state index is -1.28. The predicted octanol–water partition coefficient (Wildman–Crippen LogP) is 6.13. The smallest absolute Gasteiger partial charge is 0.242 e. The molecule has 38 heavy (non-hydrogen) atoms. The van der Waals surface area contributed by atoms with E-state index in [2.05, 4.69) is 16.0 Å². The van der Waals surface area contributed by atoms with Gasteiger partial charge in [-0.1, -0.05) is 60.7 Å². The second-order valence-electron chi connectivity index (χ2n) is 10.4. The molecule has 4 N–H and O–H groups in total. The van der Waals surface area contributed by atoms with Crippen LogP contribution in [-0.4, -0.2) is 28.5 Å². The van der Waals surface area contributed by atoms with Crippen LogP contribution >= 0.6 is 23.2 Å². The van der Waals surface area contributed by atoms with Crippen molar-refractivity contribution in [3.8, 4) is 5.75 Å². The van der Waals surface area contributed by atoms with Crippen molar-refractivity contribution in [1.82, 2.24) is 5.32 Å². The van der Waals surface area contributed by atoms with Crippen molar-refractivity contribution in [3.05, 3.63) is 87.7 Å². The molecule has 2 heterocycles. The third-order valence-electron chi connectivity index (χ3n) is 8.44. The summed E-state index contributed by atoms with van der Waals surface area (Å²) in [6.45, 7) is 0. The molecule has 0 bridgehead atoms. The summed E-state index contributed by atoms with van der Waals surface area (Å²) in [6, 6.07) is 15.1. The fraction of sp³-hybridized carbons (Fsp3) is 0.310. The van der Waals surface area contributed by atoms with Gasteiger partial charge in [-0.2, -0.15) is 0 Å². The lowest BCUT2D eigenvalue weighted by Gasteiger charge is -2.47. The predicted molar refractivity (Wildman–Crippen MR) is 145 cm³/mol. The van der Waals surface area contributed by atoms with Gasteiger partial charge in [-0.15, -0.1) is 0 Å². The minimum Gasteiger partial charge on any atom is -0.508 e. The normalized spacial score (nSPS) is 25.4. The number of rotatable bonds is 3. The third-order valence-corrected chi connectivity index (χ3v) is 8.97. The van der Waals surface area contributed by atoms with E-state index in [1.165, 1.54) is 18.2 Å². The summed E-state index contributed by atoms with van der Waals surface area (Å²) in [5.74, 6) is -2.17. The topological polar surface area (TPSA) is 90.5 Å². The lowest BCUT2D eigenvalue weighted by atomic mass is 9.55. The molecule has 3 atom stereocenters. The van der Waals surface area contributed by atoms with Gasteiger partial charge in [0, 0.05) is 27.9 Å². The number of anilines is 2. The number of halogens is 3. The number of amides is 2. The van der Waals surface area contributed by atoms with Gasteiger partial charge in [-0.05, 0) is 66.4 Å². The number of carbonyl (C=O) groups excluding carboxylic acids is 2. The molecule has 3 aromatic rings. The molecule has 6 rings (SSSR count). The van der Waals surface area contributed by atoms with Gasteiger partial charge in [-0.25, -0.2) is 4.39 Å². The van der Waals surface area contributed by atoms with E-state index in [-0.39, 0.29) is 22.2 Å². The van der Waals surface area contributed by atoms with Crippen LogP contribution in [0.15, 0.2) is 60.7 Å². The maximum absolute atomic E-state index is 15.8. The fourth-order valence-corrected chi connectivity index (χ4v) is 7.34. The Hall–Kier alpha value is -3.13. The molecule has 3 aliphatic rings. The number of fused-ring (bicyclic) bond motifs is 3. The van der Waals surface area contributed by atoms with Crippen molar-refractivity contribution in [2.24, 2.45) is 0 Å². The number of hydrogen-bond donors (Lipinski definition) is 4. The number of phenolic OH excluding ortho intramolecular Hbond substituents is 1. The monoisotopic (exact) mass is 553 g/mol. The first kappa shape index (κ1) is 25.2. The highest BCUT2D eigenvalue weighted by Gasteiger charge is 2.72. The summed E-state index contributed by atoms with van der Waals surface area (Å²) in [5, 5.41) is 19.6. The van der Waals surface area contributed by atoms with Crippen molar-refractivity contribution in [3.63, 3.8) is 0 Å². The molecule has 6 nitrogen and oxygen atoms in total. The van der Waals surface area contributed by atoms with E-state index in [0.717, 1.165) is 19.3 Å². The highest BCUT2D eigenvalue weighted by atomic mass is 35.5. The standard InChI is InChI=1S/C29H26Cl2FN3O3/c30-16-7-12-20-22(15-16)34-27(38)29(20)23(19-5-4-6-21(31)24(19)32)25(35-28(29)13-2-1-3-14-28)26(37)33-17-8-10-18(36)11-9-17/h4-12,15,23,25,35-36H,1-3,13-14H2,(H,33,37)(H,34,38)/t23-,25+,29+/m0/s1. The average Bonchev–Trinajstić information content (AvgIpc) is 3.35. The van der Waals surface area contributed by atoms with Crippen molar-refractivity contribution < 1.29 is 19.1 Å². The van der Waals surface area contributed by atoms with Crippen molar-refractivity contribution in [1.29, 1.82) is 0 Å². The Balaban J connectivity index is 1.58. The van der Waals surface area contributed by atoms with E-state index in [1.807, 2.05) is 6.07 Å². The molecule has 0 aromatic heterocycles. The van der Waals surface area contributed by atoms with Gasteiger partial charge >= 0.3 is 0 Å². The summed E-state index contributed by atoms with van der Waals surface area (Å²) in [5.41, 5.74) is -0.134. The van der Waals surface area contributed by atoms with Gasteiger partial charge in [0.1, 0.15) is 17.0 Å². The number of hydrogen-bond acceptors (Lipinski definition) is 4. The zero-order chi connectivity index (χ0) is 26.7. The van der Waals surface area contributed by atoms with Crippen LogP contribution in [0.1, 0.15) is 49.1 Å². The quantitative estimate of drug-likeness (QED) is 0.294. The van der Waals surface area contributed by atoms with Gasteiger partial charge in [0.2, 0.25) is 11.8 Å². The van der Waals surface area contributed by atoms with Crippen molar-refractivity contribution in [2.45, 2.75) is 55.0 Å². The second kappa shape index (κ2) is 9.26. The lowest BCUT2D eigenvalue weighted by molar-refractivity contribution is -0.124. The van der Waals surface area contributed by atoms with Gasteiger partial charge in [-0.3, -0.25) is 14.9 Å². The highest BCUT2D eigenvalue weighted by molar-refractivity contribution is 6.31. The van der Waals surface area contributed by atoms with E-state index in [9.17, 15) is 14.7 Å². The van der Waals surface area contributed by atoms with Gasteiger partial charge in [0.05, 0.1) is 11.1 Å². The van der Waals surface area contributed by atoms with Crippen LogP contribution in [-0.2, 0) is 15.0 Å². The molecule has 1 saturated heterocycles. The van der Waals surface area contributed by atoms with Crippen LogP contribution in [0.5, 0.6) is 5.75 Å². The zero-order valence-corrected chi connectivity index (χ0v) is 21.9. The maximum atomic E-state index is 15.8. The van der Waals surface area contributed by atoms with Crippen LogP contribution in [0.25, 0.3) is 0 Å². The Morgan fingerprint density at radius 2 is 1.76 bits per heavy atom. The SMILES string of the molecule is O=C(Nc1ccc(O)cc1)[C@@H]1NC2(CCCCC2)[C@@]2(C(=O)Nc3cc(Cl)ccc32)[C@H]1c1cccc(Cl)c1F. The molecule has 0 radical (unpaired) electrons. The Kier molecular flexibility index (Phi) is 6.13. The lowest BCUT2D eigenvalue weighted by Crippen LogP contribution is -2.60. The molecular formula is C29H26Cl2FN3O3. The molecule has 2 aliphatic heterocycles. The summed E-state index contributed by atoms with van der Waals surface area (Å²) in [7, 11) is 0. The van der Waals surface area contributed by atoms with Gasteiger partial charge in [0.25, 0.3) is 0 Å². The van der Waals surface area contributed by atoms with Crippen LogP contribution in [0.3, 0.4) is 0 Å². The molecule has 1 aliphatic carbocycles. The minimum absolute atomic E-state index is 0.0684. The number of carbonyl (C=O) groups is 2. The molecule has 2 spiro atoms. The largest absolute Gasteiger partial charge is 0.508 e. The number of aromatic hydroxyl groups is 1. The van der Waals surface area contributed by atoms with Crippen LogP contribution < -0.4 is 16.0 Å². The van der Waals surface area contributed by atoms with Crippen LogP contribution in [0.2, 0.25) is 10.0 Å². The van der Waals surface area contributed by atoms with Gasteiger partial charge < -0.3 is 15.7 Å². The molecule has 2 amide bonds. The van der Waals surface area contributed by atoms with E-state index < -0.39 is 34.6 Å². The first-order valence-corrected chi connectivity index (χ1v) is 13.5. The number of nitrogens with one attached hydrogen (secondary N) is 3. The molecule has 0 unspecified atom stereocenters. The Morgan fingerprint density at radius 3 is 2.50 bits per heavy atom. The fourth-order valence-electron chi connectivity index (χ4n) is 6.98. The second-order valence-corrected chi connectivity index (χ2v) is 11.2. The Bertz CT molecular complexity index is 1440. The first-order valence-electron chi connectivity index (χ1n) is 12.7. The molecule has 196 valence electrons. The Morgan fingerprint density at radius 1 is 1.03 bits per heavy atom. The molecule has 9 heteroatoms. The summed E-state index contributed by atoms with van der Waals surface area (Å²) in [6.07, 6.45) is 4.02. The number of phenols is 1. The van der Waals surface area contributed by atoms with E-state index in [0.29, 0.717) is 34.8 Å².